The molecule has 0 aromatic rings. The fourth-order valence-corrected chi connectivity index (χ4v) is 0. The zero-order valence-electron chi connectivity index (χ0n) is 3.13. The Labute approximate surface area is 60.4 Å². The van der Waals surface area contributed by atoms with Gasteiger partial charge in [0.15, 0.2) is 0 Å². The Balaban J connectivity index is -0.0000000800. The molecule has 0 unspecified atom stereocenters. The average Bonchev–Trinajstić information content (AvgIpc) is 0.722. The van der Waals surface area contributed by atoms with Crippen molar-refractivity contribution in [2.24, 2.45) is 0 Å². The van der Waals surface area contributed by atoms with Crippen LogP contribution in [-0.2, 0) is 0 Å². The van der Waals surface area contributed by atoms with E-state index in [1.807, 2.05) is 0 Å². The maximum absolute atomic E-state index is 8.60. The van der Waals surface area contributed by atoms with Gasteiger partial charge in [0.05, 0.1) is 14.9 Å². The molecule has 0 aromatic heterocycles. The molecule has 0 fully saturated rings. The topological polar surface area (TPSA) is 121 Å². The molecule has 7 heavy (non-hydrogen) atoms. The standard InChI is InChI=1S/ClHO4.In.H2O/c2-1(3,4)5;;/h(H,2,3,4,5);;1H2. The zero-order chi connectivity index (χ0) is 4.50. The summed E-state index contributed by atoms with van der Waals surface area (Å²) < 4.78 is 32.7. The summed E-state index contributed by atoms with van der Waals surface area (Å²) in [6.07, 6.45) is 0. The zero-order valence-corrected chi connectivity index (χ0v) is 7.18. The van der Waals surface area contributed by atoms with E-state index in [4.69, 9.17) is 18.6 Å². The molecule has 0 atom stereocenters. The molecule has 0 aromatic carbocycles. The number of halogens is 1. The fourth-order valence-electron chi connectivity index (χ4n) is 0. The predicted octanol–water partition coefficient (Wildman–Crippen LogP) is -5.33. The Bertz CT molecular complexity index is 23.6. The van der Waals surface area contributed by atoms with Gasteiger partial charge in [-0.25, -0.2) is 0 Å². The van der Waals surface area contributed by atoms with Crippen LogP contribution in [0.3, 0.4) is 0 Å². The first-order valence-electron chi connectivity index (χ1n) is 0.632. The van der Waals surface area contributed by atoms with Crippen LogP contribution in [0.2, 0.25) is 0 Å². The van der Waals surface area contributed by atoms with E-state index in [9.17, 15) is 0 Å². The van der Waals surface area contributed by atoms with Crippen molar-refractivity contribution >= 4 is 25.8 Å². The monoisotopic (exact) mass is 233 g/mol. The molecule has 0 aliphatic carbocycles. The van der Waals surface area contributed by atoms with Crippen LogP contribution in [0, 0.1) is 10.2 Å². The minimum Gasteiger partial charge on any atom is -0.412 e. The SMILES string of the molecule is O.[In].[O-][Cl+3]([O-])([O-])O. The molecular weight excluding hydrogens is 230 g/mol. The van der Waals surface area contributed by atoms with Crippen LogP contribution in [0.15, 0.2) is 0 Å². The second-order valence-corrected chi connectivity index (χ2v) is 1.19. The van der Waals surface area contributed by atoms with Gasteiger partial charge < -0.3 is 5.48 Å². The van der Waals surface area contributed by atoms with Crippen LogP contribution in [0.1, 0.15) is 0 Å². The van der Waals surface area contributed by atoms with Gasteiger partial charge in [-0.3, -0.25) is 0 Å². The Morgan fingerprint density at radius 3 is 1.14 bits per heavy atom. The third-order valence-corrected chi connectivity index (χ3v) is 0. The van der Waals surface area contributed by atoms with Crippen molar-refractivity contribution in [3.63, 3.8) is 0 Å². The second kappa shape index (κ2) is 5.10. The van der Waals surface area contributed by atoms with Crippen LogP contribution in [0.4, 0.5) is 0 Å². The Kier molecular flexibility index (Phi) is 11.4. The molecule has 7 heteroatoms. The summed E-state index contributed by atoms with van der Waals surface area (Å²) in [5.41, 5.74) is 0. The van der Waals surface area contributed by atoms with E-state index >= 15 is 0 Å². The molecule has 0 aliphatic heterocycles. The molecular formula is H3ClInO5. The van der Waals surface area contributed by atoms with Crippen molar-refractivity contribution in [1.82, 2.24) is 0 Å². The molecule has 3 radical (unpaired) electrons. The quantitative estimate of drug-likeness (QED) is 0.449. The molecule has 5 nitrogen and oxygen atoms in total. The van der Waals surface area contributed by atoms with Crippen molar-refractivity contribution in [1.29, 1.82) is 0 Å². The molecule has 0 bridgehead atoms. The van der Waals surface area contributed by atoms with E-state index in [-0.39, 0.29) is 31.3 Å². The summed E-state index contributed by atoms with van der Waals surface area (Å²) in [5, 5.41) is 0. The summed E-state index contributed by atoms with van der Waals surface area (Å²) in [6.45, 7) is 0. The molecule has 43 valence electrons. The molecule has 0 saturated heterocycles. The molecule has 0 saturated carbocycles. The maximum atomic E-state index is 8.60. The Morgan fingerprint density at radius 1 is 1.14 bits per heavy atom. The first kappa shape index (κ1) is 15.7. The normalized spacial score (nSPS) is 8.57. The van der Waals surface area contributed by atoms with Crippen molar-refractivity contribution in [2.75, 3.05) is 0 Å². The van der Waals surface area contributed by atoms with E-state index in [1.54, 1.807) is 0 Å². The summed E-state index contributed by atoms with van der Waals surface area (Å²) in [5.74, 6) is 0. The van der Waals surface area contributed by atoms with Gasteiger partial charge in [-0.2, -0.15) is 14.0 Å². The van der Waals surface area contributed by atoms with Crippen molar-refractivity contribution in [3.8, 4) is 0 Å². The van der Waals surface area contributed by atoms with Crippen molar-refractivity contribution < 1.29 is 34.4 Å². The van der Waals surface area contributed by atoms with Gasteiger partial charge in [0, 0.05) is 25.8 Å². The number of rotatable bonds is 0. The van der Waals surface area contributed by atoms with Gasteiger partial charge in [-0.1, -0.05) is 0 Å². The van der Waals surface area contributed by atoms with Gasteiger partial charge in [-0.05, 0) is 0 Å². The van der Waals surface area contributed by atoms with Crippen molar-refractivity contribution in [2.45, 2.75) is 0 Å². The summed E-state index contributed by atoms with van der Waals surface area (Å²) >= 11 is 0. The van der Waals surface area contributed by atoms with Gasteiger partial charge in [0.1, 0.15) is 0 Å². The van der Waals surface area contributed by atoms with E-state index in [2.05, 4.69) is 0 Å². The summed E-state index contributed by atoms with van der Waals surface area (Å²) in [4.78, 5) is 0. The van der Waals surface area contributed by atoms with E-state index in [1.165, 1.54) is 0 Å². The second-order valence-electron chi connectivity index (χ2n) is 0.396. The number of hydrogen-bond donors (Lipinski definition) is 1. The van der Waals surface area contributed by atoms with Crippen LogP contribution < -0.4 is 14.0 Å². The molecule has 0 aliphatic rings. The first-order valence-corrected chi connectivity index (χ1v) is 1.90. The van der Waals surface area contributed by atoms with Crippen LogP contribution >= 0.6 is 0 Å². The van der Waals surface area contributed by atoms with Crippen LogP contribution in [0.25, 0.3) is 0 Å². The molecule has 0 spiro atoms. The first-order chi connectivity index (χ1) is 2.00. The third-order valence-electron chi connectivity index (χ3n) is 0. The molecule has 0 rings (SSSR count). The maximum Gasteiger partial charge on any atom is 0.0777 e. The van der Waals surface area contributed by atoms with E-state index in [0.29, 0.717) is 0 Å². The molecule has 0 heterocycles. The Hall–Kier alpha value is 0.960. The molecule has 3 N–H and O–H groups in total. The minimum atomic E-state index is -4.69. The third kappa shape index (κ3) is 186. The van der Waals surface area contributed by atoms with Crippen LogP contribution in [-0.4, -0.2) is 36.0 Å². The van der Waals surface area contributed by atoms with Gasteiger partial charge in [0.25, 0.3) is 0 Å². The van der Waals surface area contributed by atoms with E-state index < -0.39 is 10.2 Å². The smallest absolute Gasteiger partial charge is 0.0777 e. The number of hydrogen-bond acceptors (Lipinski definition) is 4. The van der Waals surface area contributed by atoms with Gasteiger partial charge >= 0.3 is 0 Å². The average molecular weight is 233 g/mol. The Morgan fingerprint density at radius 2 is 1.14 bits per heavy atom. The molecule has 0 amide bonds. The predicted molar refractivity (Wildman–Crippen MR) is 11.6 cm³/mol. The van der Waals surface area contributed by atoms with Crippen LogP contribution in [0.5, 0.6) is 0 Å². The minimum absolute atomic E-state index is 0. The van der Waals surface area contributed by atoms with Gasteiger partial charge in [-0.15, -0.1) is 0 Å². The van der Waals surface area contributed by atoms with E-state index in [0.717, 1.165) is 0 Å². The summed E-state index contributed by atoms with van der Waals surface area (Å²) in [7, 11) is -4.69. The fraction of sp³-hybridized carbons (Fsp3) is 0. The van der Waals surface area contributed by atoms with Gasteiger partial charge in [0.2, 0.25) is 0 Å². The summed E-state index contributed by atoms with van der Waals surface area (Å²) in [6, 6.07) is 0. The largest absolute Gasteiger partial charge is 0.412 e. The van der Waals surface area contributed by atoms with Crippen molar-refractivity contribution in [3.05, 3.63) is 0 Å².